The Kier molecular flexibility index (Phi) is 17.3. The number of nitrogens with zero attached hydrogens (tertiary/aromatic N) is 3. The molecule has 3 aromatic rings. The van der Waals surface area contributed by atoms with E-state index in [0.717, 1.165) is 21.2 Å². The van der Waals surface area contributed by atoms with E-state index in [9.17, 15) is 24.3 Å². The van der Waals surface area contributed by atoms with Gasteiger partial charge >= 0.3 is 12.1 Å². The van der Waals surface area contributed by atoms with E-state index in [4.69, 9.17) is 21.1 Å². The lowest BCUT2D eigenvalue weighted by Crippen LogP contribution is -2.56. The van der Waals surface area contributed by atoms with Crippen molar-refractivity contribution in [1.29, 1.82) is 0 Å². The number of nitrogens with one attached hydrogen (secondary N) is 3. The molecule has 1 aromatic heterocycles. The number of fused-ring (bicyclic) bond motifs is 1. The van der Waals surface area contributed by atoms with Gasteiger partial charge in [-0.2, -0.15) is 0 Å². The molecule has 0 radical (unpaired) electrons. The molecule has 0 saturated carbocycles. The average molecular weight is 775 g/mol. The molecule has 0 aliphatic rings. The summed E-state index contributed by atoms with van der Waals surface area (Å²) >= 11 is 7.54. The number of likely N-dealkylation sites (N-methyl/N-ethyl adjacent to an activating group) is 1. The lowest BCUT2D eigenvalue weighted by atomic mass is 10.0. The van der Waals surface area contributed by atoms with E-state index < -0.39 is 41.9 Å². The van der Waals surface area contributed by atoms with Crippen molar-refractivity contribution in [2.75, 3.05) is 33.4 Å². The molecule has 0 saturated heterocycles. The van der Waals surface area contributed by atoms with Crippen LogP contribution < -0.4 is 16.1 Å². The smallest absolute Gasteiger partial charge is 0.407 e. The van der Waals surface area contributed by atoms with Gasteiger partial charge in [0.05, 0.1) is 12.6 Å². The zero-order valence-corrected chi connectivity index (χ0v) is 33.4. The summed E-state index contributed by atoms with van der Waals surface area (Å²) < 4.78 is 13.0. The predicted molar refractivity (Wildman–Crippen MR) is 209 cm³/mol. The van der Waals surface area contributed by atoms with Crippen molar-refractivity contribution >= 4 is 57.0 Å². The molecule has 2 aromatic carbocycles. The largest absolute Gasteiger partial charge is 0.465 e. The van der Waals surface area contributed by atoms with Crippen molar-refractivity contribution in [2.24, 2.45) is 0 Å². The number of benzene rings is 2. The summed E-state index contributed by atoms with van der Waals surface area (Å²) in [6.07, 6.45) is -0.548. The van der Waals surface area contributed by atoms with Crippen LogP contribution in [0.5, 0.6) is 0 Å². The molecular formula is C38H55ClN6O7S. The maximum atomic E-state index is 14.7. The van der Waals surface area contributed by atoms with Gasteiger partial charge in [0.1, 0.15) is 6.04 Å². The molecule has 3 rings (SSSR count). The SMILES string of the molecule is CCOC(OCC)C(C)N(Cc1csc2ccccc12)C(=O)C(CCCCN(C(=O)O)C(C)(C)C)NC(=O)CN(C)NC(=O)NCc1ccc(Cl)cc1. The van der Waals surface area contributed by atoms with Gasteiger partial charge in [-0.1, -0.05) is 41.9 Å². The summed E-state index contributed by atoms with van der Waals surface area (Å²) in [4.78, 5) is 55.8. The van der Waals surface area contributed by atoms with Crippen LogP contribution in [-0.2, 0) is 32.2 Å². The third kappa shape index (κ3) is 13.8. The fraction of sp³-hybridized carbons (Fsp3) is 0.526. The van der Waals surface area contributed by atoms with Crippen molar-refractivity contribution in [3.63, 3.8) is 0 Å². The Balaban J connectivity index is 1.82. The predicted octanol–water partition coefficient (Wildman–Crippen LogP) is 6.45. The van der Waals surface area contributed by atoms with Crippen LogP contribution in [0.3, 0.4) is 0 Å². The molecule has 5 amide bonds. The van der Waals surface area contributed by atoms with Crippen LogP contribution in [0.25, 0.3) is 10.1 Å². The van der Waals surface area contributed by atoms with E-state index in [1.807, 2.05) is 71.2 Å². The molecule has 2 unspecified atom stereocenters. The number of rotatable bonds is 20. The third-order valence-electron chi connectivity index (χ3n) is 8.57. The van der Waals surface area contributed by atoms with Crippen LogP contribution in [-0.4, -0.2) is 101 Å². The van der Waals surface area contributed by atoms with E-state index >= 15 is 0 Å². The van der Waals surface area contributed by atoms with Crippen molar-refractivity contribution in [2.45, 2.75) is 97.8 Å². The number of urea groups is 1. The fourth-order valence-corrected chi connectivity index (χ4v) is 6.93. The maximum absolute atomic E-state index is 14.7. The van der Waals surface area contributed by atoms with Gasteiger partial charge in [0.15, 0.2) is 6.29 Å². The average Bonchev–Trinajstić information content (AvgIpc) is 3.51. The molecule has 292 valence electrons. The van der Waals surface area contributed by atoms with Crippen molar-refractivity contribution in [1.82, 2.24) is 30.9 Å². The molecule has 53 heavy (non-hydrogen) atoms. The number of hydrogen-bond donors (Lipinski definition) is 4. The maximum Gasteiger partial charge on any atom is 0.407 e. The van der Waals surface area contributed by atoms with Gasteiger partial charge < -0.3 is 35.0 Å². The van der Waals surface area contributed by atoms with Crippen LogP contribution in [0.4, 0.5) is 9.59 Å². The molecule has 0 bridgehead atoms. The van der Waals surface area contributed by atoms with Crippen LogP contribution in [0.2, 0.25) is 5.02 Å². The Bertz CT molecular complexity index is 1630. The Hall–Kier alpha value is -3.95. The van der Waals surface area contributed by atoms with Crippen LogP contribution in [0, 0.1) is 0 Å². The number of amides is 5. The van der Waals surface area contributed by atoms with E-state index in [1.165, 1.54) is 9.91 Å². The molecular weight excluding hydrogens is 720 g/mol. The molecule has 0 spiro atoms. The number of hydrazine groups is 1. The highest BCUT2D eigenvalue weighted by Gasteiger charge is 2.34. The zero-order valence-electron chi connectivity index (χ0n) is 31.8. The number of carbonyl (C=O) groups excluding carboxylic acids is 3. The first-order chi connectivity index (χ1) is 25.1. The second kappa shape index (κ2) is 21.1. The van der Waals surface area contributed by atoms with E-state index in [1.54, 1.807) is 47.5 Å². The number of ether oxygens (including phenoxy) is 2. The summed E-state index contributed by atoms with van der Waals surface area (Å²) in [5.74, 6) is -0.807. The first-order valence-corrected chi connectivity index (χ1v) is 19.2. The minimum atomic E-state index is -1.02. The molecule has 0 aliphatic carbocycles. The number of hydrogen-bond acceptors (Lipinski definition) is 8. The molecule has 0 fully saturated rings. The van der Waals surface area contributed by atoms with Gasteiger partial charge in [-0.3, -0.25) is 15.0 Å². The first-order valence-electron chi connectivity index (χ1n) is 17.9. The van der Waals surface area contributed by atoms with Gasteiger partial charge in [0.25, 0.3) is 0 Å². The highest BCUT2D eigenvalue weighted by atomic mass is 35.5. The minimum absolute atomic E-state index is 0.236. The number of carboxylic acid groups (broad SMARTS) is 1. The number of unbranched alkanes of at least 4 members (excludes halogenated alkanes) is 1. The number of carbonyl (C=O) groups is 4. The number of halogens is 1. The molecule has 15 heteroatoms. The first kappa shape index (κ1) is 43.5. The van der Waals surface area contributed by atoms with Crippen molar-refractivity contribution in [3.05, 3.63) is 70.1 Å². The van der Waals surface area contributed by atoms with Gasteiger partial charge in [-0.05, 0) is 101 Å². The van der Waals surface area contributed by atoms with Gasteiger partial charge in [0.2, 0.25) is 11.8 Å². The van der Waals surface area contributed by atoms with Crippen LogP contribution in [0.15, 0.2) is 53.9 Å². The van der Waals surface area contributed by atoms with Crippen LogP contribution in [0.1, 0.15) is 71.9 Å². The summed E-state index contributed by atoms with van der Waals surface area (Å²) in [5, 5.41) is 20.4. The lowest BCUT2D eigenvalue weighted by Gasteiger charge is -2.37. The standard InChI is InChI=1S/C38H55ClN6O7S/c1-8-51-35(52-9-2)26(3)44(23-28-25-53-32-16-11-10-14-30(28)32)34(47)31(15-12-13-21-45(37(49)50)38(4,5)6)41-33(46)24-43(7)42-36(48)40-22-27-17-19-29(39)20-18-27/h10-11,14,16-20,25-26,31,35H,8-9,12-13,15,21-24H2,1-7H3,(H,41,46)(H,49,50)(H2,40,42,48). The van der Waals surface area contributed by atoms with E-state index in [-0.39, 0.29) is 38.5 Å². The summed E-state index contributed by atoms with van der Waals surface area (Å²) in [6, 6.07) is 13.1. The molecule has 4 N–H and O–H groups in total. The normalized spacial score (nSPS) is 12.8. The van der Waals surface area contributed by atoms with Crippen LogP contribution >= 0.6 is 22.9 Å². The van der Waals surface area contributed by atoms with E-state index in [0.29, 0.717) is 31.1 Å². The Labute approximate surface area is 321 Å². The van der Waals surface area contributed by atoms with Gasteiger partial charge in [0, 0.05) is 55.2 Å². The fourth-order valence-electron chi connectivity index (χ4n) is 5.85. The van der Waals surface area contributed by atoms with Gasteiger partial charge in [-0.25, -0.2) is 14.6 Å². The van der Waals surface area contributed by atoms with Gasteiger partial charge in [-0.15, -0.1) is 11.3 Å². The topological polar surface area (TPSA) is 153 Å². The highest BCUT2D eigenvalue weighted by molar-refractivity contribution is 7.17. The minimum Gasteiger partial charge on any atom is -0.465 e. The Morgan fingerprint density at radius 2 is 1.64 bits per heavy atom. The van der Waals surface area contributed by atoms with Crippen molar-refractivity contribution in [3.8, 4) is 0 Å². The van der Waals surface area contributed by atoms with Crippen molar-refractivity contribution < 1.29 is 33.8 Å². The Morgan fingerprint density at radius 3 is 2.26 bits per heavy atom. The second-order valence-corrected chi connectivity index (χ2v) is 15.1. The molecule has 2 atom stereocenters. The highest BCUT2D eigenvalue weighted by Crippen LogP contribution is 2.28. The number of thiophene rings is 1. The monoisotopic (exact) mass is 774 g/mol. The molecule has 13 nitrogen and oxygen atoms in total. The summed E-state index contributed by atoms with van der Waals surface area (Å²) in [7, 11) is 1.55. The molecule has 1 heterocycles. The second-order valence-electron chi connectivity index (χ2n) is 13.7. The molecule has 0 aliphatic heterocycles. The summed E-state index contributed by atoms with van der Waals surface area (Å²) in [6.45, 7) is 12.4. The quantitative estimate of drug-likeness (QED) is 0.0581. The summed E-state index contributed by atoms with van der Waals surface area (Å²) in [5.41, 5.74) is 3.83. The third-order valence-corrected chi connectivity index (χ3v) is 9.83. The van der Waals surface area contributed by atoms with E-state index in [2.05, 4.69) is 16.1 Å². The zero-order chi connectivity index (χ0) is 39.1. The lowest BCUT2D eigenvalue weighted by molar-refractivity contribution is -0.179. The Morgan fingerprint density at radius 1 is 0.981 bits per heavy atom.